The van der Waals surface area contributed by atoms with E-state index in [-0.39, 0.29) is 0 Å². The fraction of sp³-hybridized carbons (Fsp3) is 0.571. The largest absolute Gasteiger partial charge is 0.319 e. The molecule has 2 nitrogen and oxygen atoms in total. The van der Waals surface area contributed by atoms with Gasteiger partial charge in [-0.3, -0.25) is 0 Å². The van der Waals surface area contributed by atoms with Crippen LogP contribution in [0.15, 0.2) is 30.3 Å². The van der Waals surface area contributed by atoms with Crippen LogP contribution >= 0.6 is 0 Å². The van der Waals surface area contributed by atoms with Gasteiger partial charge in [-0.05, 0) is 38.0 Å². The SMILES string of the molecule is CNCC(C)CNC1CC1c1ccccc1. The Kier molecular flexibility index (Phi) is 3.97. The highest BCUT2D eigenvalue weighted by molar-refractivity contribution is 5.27. The van der Waals surface area contributed by atoms with Crippen LogP contribution in [0.3, 0.4) is 0 Å². The molecule has 1 aromatic carbocycles. The monoisotopic (exact) mass is 218 g/mol. The quantitative estimate of drug-likeness (QED) is 0.763. The molecule has 2 heteroatoms. The van der Waals surface area contributed by atoms with Crippen LogP contribution in [-0.2, 0) is 0 Å². The van der Waals surface area contributed by atoms with Crippen molar-refractivity contribution in [1.82, 2.24) is 10.6 Å². The van der Waals surface area contributed by atoms with E-state index in [0.29, 0.717) is 12.0 Å². The molecule has 0 radical (unpaired) electrons. The van der Waals surface area contributed by atoms with Crippen LogP contribution in [0.2, 0.25) is 0 Å². The van der Waals surface area contributed by atoms with E-state index >= 15 is 0 Å². The minimum atomic E-state index is 0.710. The smallest absolute Gasteiger partial charge is 0.0143 e. The Bertz CT molecular complexity index is 310. The molecule has 3 atom stereocenters. The van der Waals surface area contributed by atoms with Gasteiger partial charge >= 0.3 is 0 Å². The maximum atomic E-state index is 3.65. The molecule has 0 heterocycles. The fourth-order valence-corrected chi connectivity index (χ4v) is 2.26. The topological polar surface area (TPSA) is 24.1 Å². The minimum Gasteiger partial charge on any atom is -0.319 e. The zero-order valence-electron chi connectivity index (χ0n) is 10.2. The molecule has 0 bridgehead atoms. The van der Waals surface area contributed by atoms with Crippen molar-refractivity contribution in [2.75, 3.05) is 20.1 Å². The van der Waals surface area contributed by atoms with Gasteiger partial charge in [0.15, 0.2) is 0 Å². The van der Waals surface area contributed by atoms with Gasteiger partial charge in [0.05, 0.1) is 0 Å². The predicted octanol–water partition coefficient (Wildman–Crippen LogP) is 1.99. The number of benzene rings is 1. The molecule has 0 spiro atoms. The van der Waals surface area contributed by atoms with Gasteiger partial charge in [-0.25, -0.2) is 0 Å². The second-order valence-electron chi connectivity index (χ2n) is 4.93. The molecule has 1 aliphatic rings. The first-order valence-electron chi connectivity index (χ1n) is 6.24. The summed E-state index contributed by atoms with van der Waals surface area (Å²) >= 11 is 0. The summed E-state index contributed by atoms with van der Waals surface area (Å²) < 4.78 is 0. The predicted molar refractivity (Wildman–Crippen MR) is 68.7 cm³/mol. The van der Waals surface area contributed by atoms with Crippen molar-refractivity contribution < 1.29 is 0 Å². The van der Waals surface area contributed by atoms with E-state index in [1.54, 1.807) is 0 Å². The molecule has 16 heavy (non-hydrogen) atoms. The molecule has 3 unspecified atom stereocenters. The first kappa shape index (κ1) is 11.6. The second kappa shape index (κ2) is 5.46. The number of rotatable bonds is 6. The van der Waals surface area contributed by atoms with Crippen molar-refractivity contribution in [3.63, 3.8) is 0 Å². The summed E-state index contributed by atoms with van der Waals surface area (Å²) in [6.45, 7) is 4.49. The lowest BCUT2D eigenvalue weighted by Gasteiger charge is -2.11. The van der Waals surface area contributed by atoms with Crippen LogP contribution in [0.5, 0.6) is 0 Å². The van der Waals surface area contributed by atoms with Crippen LogP contribution in [0.4, 0.5) is 0 Å². The van der Waals surface area contributed by atoms with Gasteiger partial charge in [0.25, 0.3) is 0 Å². The number of nitrogens with one attached hydrogen (secondary N) is 2. The van der Waals surface area contributed by atoms with Gasteiger partial charge in [0.1, 0.15) is 0 Å². The number of hydrogen-bond donors (Lipinski definition) is 2. The molecular weight excluding hydrogens is 196 g/mol. The molecule has 1 saturated carbocycles. The van der Waals surface area contributed by atoms with E-state index in [0.717, 1.165) is 19.0 Å². The third kappa shape index (κ3) is 3.06. The van der Waals surface area contributed by atoms with Crippen molar-refractivity contribution in [2.45, 2.75) is 25.3 Å². The summed E-state index contributed by atoms with van der Waals surface area (Å²) in [4.78, 5) is 0. The Hall–Kier alpha value is -0.860. The second-order valence-corrected chi connectivity index (χ2v) is 4.93. The van der Waals surface area contributed by atoms with Crippen molar-refractivity contribution >= 4 is 0 Å². The van der Waals surface area contributed by atoms with Crippen molar-refractivity contribution in [2.24, 2.45) is 5.92 Å². The zero-order chi connectivity index (χ0) is 11.4. The van der Waals surface area contributed by atoms with E-state index in [1.807, 2.05) is 7.05 Å². The Balaban J connectivity index is 1.72. The molecular formula is C14H22N2. The lowest BCUT2D eigenvalue weighted by atomic mass is 10.1. The Morgan fingerprint density at radius 1 is 1.25 bits per heavy atom. The lowest BCUT2D eigenvalue weighted by Crippen LogP contribution is -2.29. The first-order chi connectivity index (χ1) is 7.81. The molecule has 1 aromatic rings. The molecule has 2 N–H and O–H groups in total. The summed E-state index contributed by atoms with van der Waals surface area (Å²) in [5, 5.41) is 6.86. The average molecular weight is 218 g/mol. The van der Waals surface area contributed by atoms with Crippen molar-refractivity contribution in [1.29, 1.82) is 0 Å². The highest BCUT2D eigenvalue weighted by Gasteiger charge is 2.37. The van der Waals surface area contributed by atoms with Crippen molar-refractivity contribution in [3.8, 4) is 0 Å². The van der Waals surface area contributed by atoms with Crippen LogP contribution in [-0.4, -0.2) is 26.2 Å². The highest BCUT2D eigenvalue weighted by atomic mass is 15.0. The molecule has 1 fully saturated rings. The molecule has 1 aliphatic carbocycles. The van der Waals surface area contributed by atoms with Gasteiger partial charge in [-0.15, -0.1) is 0 Å². The first-order valence-corrected chi connectivity index (χ1v) is 6.24. The van der Waals surface area contributed by atoms with E-state index in [4.69, 9.17) is 0 Å². The fourth-order valence-electron chi connectivity index (χ4n) is 2.26. The van der Waals surface area contributed by atoms with Crippen LogP contribution in [0.1, 0.15) is 24.8 Å². The van der Waals surface area contributed by atoms with Gasteiger partial charge < -0.3 is 10.6 Å². The summed E-state index contributed by atoms with van der Waals surface area (Å²) in [7, 11) is 2.01. The summed E-state index contributed by atoms with van der Waals surface area (Å²) in [5.41, 5.74) is 1.49. The summed E-state index contributed by atoms with van der Waals surface area (Å²) in [6.07, 6.45) is 1.30. The Morgan fingerprint density at radius 3 is 2.69 bits per heavy atom. The Labute approximate surface area is 98.4 Å². The van der Waals surface area contributed by atoms with E-state index in [1.165, 1.54) is 12.0 Å². The average Bonchev–Trinajstić information content (AvgIpc) is 3.07. The van der Waals surface area contributed by atoms with Gasteiger partial charge in [-0.2, -0.15) is 0 Å². The molecule has 0 aromatic heterocycles. The van der Waals surface area contributed by atoms with Gasteiger partial charge in [0.2, 0.25) is 0 Å². The minimum absolute atomic E-state index is 0.710. The molecule has 0 amide bonds. The molecule has 0 aliphatic heterocycles. The van der Waals surface area contributed by atoms with Gasteiger partial charge in [-0.1, -0.05) is 37.3 Å². The lowest BCUT2D eigenvalue weighted by molar-refractivity contribution is 0.487. The third-order valence-corrected chi connectivity index (χ3v) is 3.30. The normalized spacial score (nSPS) is 25.4. The molecule has 0 saturated heterocycles. The van der Waals surface area contributed by atoms with Crippen LogP contribution in [0.25, 0.3) is 0 Å². The maximum Gasteiger partial charge on any atom is 0.0143 e. The number of hydrogen-bond acceptors (Lipinski definition) is 2. The summed E-state index contributed by atoms with van der Waals surface area (Å²) in [5.74, 6) is 1.46. The molecule has 88 valence electrons. The molecule has 2 rings (SSSR count). The zero-order valence-corrected chi connectivity index (χ0v) is 10.2. The Morgan fingerprint density at radius 2 is 2.00 bits per heavy atom. The van der Waals surface area contributed by atoms with Crippen molar-refractivity contribution in [3.05, 3.63) is 35.9 Å². The highest BCUT2D eigenvalue weighted by Crippen LogP contribution is 2.40. The van der Waals surface area contributed by atoms with Gasteiger partial charge in [0, 0.05) is 12.0 Å². The van der Waals surface area contributed by atoms with Crippen LogP contribution < -0.4 is 10.6 Å². The van der Waals surface area contributed by atoms with E-state index < -0.39 is 0 Å². The van der Waals surface area contributed by atoms with Crippen LogP contribution in [0, 0.1) is 5.92 Å². The maximum absolute atomic E-state index is 3.65. The third-order valence-electron chi connectivity index (χ3n) is 3.30. The van der Waals surface area contributed by atoms with E-state index in [9.17, 15) is 0 Å². The standard InChI is InChI=1S/C14H22N2/c1-11(9-15-2)10-16-14-8-13(14)12-6-4-3-5-7-12/h3-7,11,13-16H,8-10H2,1-2H3. The summed E-state index contributed by atoms with van der Waals surface area (Å²) in [6, 6.07) is 11.5. The van der Waals surface area contributed by atoms with E-state index in [2.05, 4.69) is 47.9 Å².